The molecular formula is C3H7ClN2O. The molecular weight excluding hydrogens is 115 g/mol. The average Bonchev–Trinajstić information content (AvgIpc) is 1.68. The van der Waals surface area contributed by atoms with Crippen LogP contribution in [0.5, 0.6) is 0 Å². The molecule has 0 spiro atoms. The molecule has 3 N–H and O–H groups in total. The number of amidine groups is 1. The molecule has 0 aliphatic carbocycles. The highest BCUT2D eigenvalue weighted by molar-refractivity contribution is 6.27. The lowest BCUT2D eigenvalue weighted by atomic mass is 10.7. The van der Waals surface area contributed by atoms with Gasteiger partial charge in [-0.3, -0.25) is 0 Å². The second kappa shape index (κ2) is 3.89. The van der Waals surface area contributed by atoms with Gasteiger partial charge < -0.3 is 10.8 Å². The van der Waals surface area contributed by atoms with Gasteiger partial charge in [-0.25, -0.2) is 4.99 Å². The number of hydrogen-bond donors (Lipinski definition) is 2. The van der Waals surface area contributed by atoms with Crippen molar-refractivity contribution in [3.63, 3.8) is 0 Å². The first kappa shape index (κ1) is 6.72. The molecule has 0 unspecified atom stereocenters. The highest BCUT2D eigenvalue weighted by Crippen LogP contribution is 1.73. The zero-order valence-corrected chi connectivity index (χ0v) is 4.52. The van der Waals surface area contributed by atoms with Gasteiger partial charge in [0.1, 0.15) is 12.6 Å². The zero-order valence-electron chi connectivity index (χ0n) is 3.76. The van der Waals surface area contributed by atoms with Crippen LogP contribution in [-0.2, 0) is 0 Å². The Kier molecular flexibility index (Phi) is 3.74. The largest absolute Gasteiger partial charge is 0.386 e. The van der Waals surface area contributed by atoms with E-state index in [2.05, 4.69) is 4.99 Å². The number of aliphatic imine (C=N–C) groups is 1. The van der Waals surface area contributed by atoms with Gasteiger partial charge in [-0.15, -0.1) is 11.6 Å². The van der Waals surface area contributed by atoms with Crippen LogP contribution in [0.25, 0.3) is 0 Å². The number of aliphatic hydroxyl groups is 1. The van der Waals surface area contributed by atoms with Crippen LogP contribution < -0.4 is 5.73 Å². The summed E-state index contributed by atoms with van der Waals surface area (Å²) in [4.78, 5) is 3.36. The highest BCUT2D eigenvalue weighted by atomic mass is 35.5. The van der Waals surface area contributed by atoms with E-state index in [9.17, 15) is 0 Å². The molecule has 3 nitrogen and oxygen atoms in total. The monoisotopic (exact) mass is 122 g/mol. The summed E-state index contributed by atoms with van der Waals surface area (Å²) in [5.74, 6) is 0.449. The van der Waals surface area contributed by atoms with Crippen molar-refractivity contribution in [2.45, 2.75) is 0 Å². The maximum atomic E-state index is 8.04. The summed E-state index contributed by atoms with van der Waals surface area (Å²) in [6, 6.07) is 0. The number of nitrogens with two attached hydrogens (primary N) is 1. The molecule has 0 aromatic rings. The van der Waals surface area contributed by atoms with Gasteiger partial charge in [-0.1, -0.05) is 0 Å². The highest BCUT2D eigenvalue weighted by Gasteiger charge is 1.81. The van der Waals surface area contributed by atoms with Crippen molar-refractivity contribution in [3.05, 3.63) is 0 Å². The molecule has 0 aromatic carbocycles. The second-order valence-corrected chi connectivity index (χ2v) is 1.19. The van der Waals surface area contributed by atoms with Crippen molar-refractivity contribution < 1.29 is 5.11 Å². The Labute approximate surface area is 46.8 Å². The van der Waals surface area contributed by atoms with Crippen LogP contribution in [0, 0.1) is 0 Å². The molecule has 0 atom stereocenters. The summed E-state index contributed by atoms with van der Waals surface area (Å²) in [5.41, 5.74) is 5.04. The minimum atomic E-state index is -0.279. The number of hydrogen-bond acceptors (Lipinski definition) is 2. The number of aliphatic hydroxyl groups excluding tert-OH is 1. The van der Waals surface area contributed by atoms with Crippen LogP contribution in [0.2, 0.25) is 0 Å². The number of alkyl halides is 1. The fourth-order valence-corrected chi connectivity index (χ4v) is 0.218. The molecule has 0 radical (unpaired) electrons. The molecule has 7 heavy (non-hydrogen) atoms. The Bertz CT molecular complexity index is 73.3. The molecule has 0 aromatic heterocycles. The summed E-state index contributed by atoms with van der Waals surface area (Å²) >= 11 is 5.16. The van der Waals surface area contributed by atoms with E-state index in [0.717, 1.165) is 0 Å². The van der Waals surface area contributed by atoms with E-state index in [1.54, 1.807) is 0 Å². The van der Waals surface area contributed by atoms with Crippen molar-refractivity contribution in [1.82, 2.24) is 0 Å². The standard InChI is InChI=1S/C3H7ClN2O/c4-1-3(5)6-2-7/h7H,1-2H2,(H2,5,6). The van der Waals surface area contributed by atoms with E-state index in [4.69, 9.17) is 22.4 Å². The van der Waals surface area contributed by atoms with Gasteiger partial charge in [0, 0.05) is 0 Å². The first-order valence-electron chi connectivity index (χ1n) is 1.77. The predicted octanol–water partition coefficient (Wildman–Crippen LogP) is -0.468. The van der Waals surface area contributed by atoms with Gasteiger partial charge in [0.05, 0.1) is 5.88 Å². The second-order valence-electron chi connectivity index (χ2n) is 0.925. The molecule has 0 aliphatic rings. The van der Waals surface area contributed by atoms with Crippen LogP contribution in [0.1, 0.15) is 0 Å². The Balaban J connectivity index is 3.29. The van der Waals surface area contributed by atoms with Gasteiger partial charge >= 0.3 is 0 Å². The SMILES string of the molecule is NC(CCl)=NCO. The van der Waals surface area contributed by atoms with Crippen LogP contribution in [0.4, 0.5) is 0 Å². The molecule has 0 amide bonds. The fraction of sp³-hybridized carbons (Fsp3) is 0.667. The third-order valence-corrected chi connectivity index (χ3v) is 0.685. The third kappa shape index (κ3) is 3.55. The lowest BCUT2D eigenvalue weighted by Crippen LogP contribution is -2.13. The summed E-state index contributed by atoms with van der Waals surface area (Å²) in [5, 5.41) is 8.04. The molecule has 0 rings (SSSR count). The van der Waals surface area contributed by atoms with Gasteiger partial charge in [0.15, 0.2) is 0 Å². The fourth-order valence-electron chi connectivity index (χ4n) is 0.133. The molecule has 0 fully saturated rings. The number of rotatable bonds is 2. The quantitative estimate of drug-likeness (QED) is 0.296. The molecule has 42 valence electrons. The predicted molar refractivity (Wildman–Crippen MR) is 29.4 cm³/mol. The lowest BCUT2D eigenvalue weighted by molar-refractivity contribution is 0.309. The molecule has 0 saturated heterocycles. The summed E-state index contributed by atoms with van der Waals surface area (Å²) in [6.45, 7) is -0.279. The van der Waals surface area contributed by atoms with Crippen LogP contribution >= 0.6 is 11.6 Å². The average molecular weight is 123 g/mol. The molecule has 0 saturated carbocycles. The number of halogens is 1. The van der Waals surface area contributed by atoms with Crippen LogP contribution in [0.3, 0.4) is 0 Å². The van der Waals surface area contributed by atoms with E-state index < -0.39 is 0 Å². The van der Waals surface area contributed by atoms with E-state index in [0.29, 0.717) is 0 Å². The van der Waals surface area contributed by atoms with Gasteiger partial charge in [0.25, 0.3) is 0 Å². The van der Waals surface area contributed by atoms with Crippen LogP contribution in [0.15, 0.2) is 4.99 Å². The topological polar surface area (TPSA) is 58.6 Å². The van der Waals surface area contributed by atoms with Crippen molar-refractivity contribution in [2.75, 3.05) is 12.6 Å². The van der Waals surface area contributed by atoms with Crippen molar-refractivity contribution >= 4 is 17.4 Å². The van der Waals surface area contributed by atoms with E-state index in [1.165, 1.54) is 0 Å². The van der Waals surface area contributed by atoms with Gasteiger partial charge in [-0.05, 0) is 0 Å². The van der Waals surface area contributed by atoms with Crippen LogP contribution in [-0.4, -0.2) is 23.6 Å². The minimum Gasteiger partial charge on any atom is -0.386 e. The van der Waals surface area contributed by atoms with Crippen molar-refractivity contribution in [3.8, 4) is 0 Å². The van der Waals surface area contributed by atoms with E-state index >= 15 is 0 Å². The Hall–Kier alpha value is -0.280. The van der Waals surface area contributed by atoms with Gasteiger partial charge in [-0.2, -0.15) is 0 Å². The van der Waals surface area contributed by atoms with Crippen molar-refractivity contribution in [1.29, 1.82) is 0 Å². The summed E-state index contributed by atoms with van der Waals surface area (Å²) < 4.78 is 0. The smallest absolute Gasteiger partial charge is 0.136 e. The van der Waals surface area contributed by atoms with Gasteiger partial charge in [0.2, 0.25) is 0 Å². The summed E-state index contributed by atoms with van der Waals surface area (Å²) in [7, 11) is 0. The first-order valence-corrected chi connectivity index (χ1v) is 2.30. The maximum Gasteiger partial charge on any atom is 0.136 e. The Morgan fingerprint density at radius 3 is 2.57 bits per heavy atom. The third-order valence-electron chi connectivity index (χ3n) is 0.411. The first-order chi connectivity index (χ1) is 3.31. The Morgan fingerprint density at radius 1 is 1.86 bits per heavy atom. The maximum absolute atomic E-state index is 8.04. The lowest BCUT2D eigenvalue weighted by Gasteiger charge is -1.87. The molecule has 0 aliphatic heterocycles. The van der Waals surface area contributed by atoms with Crippen molar-refractivity contribution in [2.24, 2.45) is 10.7 Å². The zero-order chi connectivity index (χ0) is 5.70. The molecule has 0 heterocycles. The Morgan fingerprint density at radius 2 is 2.43 bits per heavy atom. The summed E-state index contributed by atoms with van der Waals surface area (Å²) in [6.07, 6.45) is 0. The minimum absolute atomic E-state index is 0.181. The number of nitrogens with zero attached hydrogens (tertiary/aromatic N) is 1. The normalized spacial score (nSPS) is 12.0. The van der Waals surface area contributed by atoms with E-state index in [-0.39, 0.29) is 18.4 Å². The van der Waals surface area contributed by atoms with E-state index in [1.807, 2.05) is 0 Å². The molecule has 0 bridgehead atoms. The molecule has 4 heteroatoms.